The number of rotatable bonds is 11. The molecule has 4 aromatic carbocycles. The van der Waals surface area contributed by atoms with E-state index in [2.05, 4.69) is 16.0 Å². The predicted octanol–water partition coefficient (Wildman–Crippen LogP) is 6.47. The van der Waals surface area contributed by atoms with E-state index >= 15 is 0 Å². The van der Waals surface area contributed by atoms with Crippen molar-refractivity contribution in [3.05, 3.63) is 114 Å². The Morgan fingerprint density at radius 1 is 0.650 bits per heavy atom. The summed E-state index contributed by atoms with van der Waals surface area (Å²) in [6.45, 7) is 0.599. The molecular weight excluding hydrogens is 523 g/mol. The fourth-order valence-corrected chi connectivity index (χ4v) is 3.63. The third-order valence-corrected chi connectivity index (χ3v) is 5.51. The summed E-state index contributed by atoms with van der Waals surface area (Å²) in [7, 11) is 0. The van der Waals surface area contributed by atoms with E-state index in [-0.39, 0.29) is 23.7 Å². The average molecular weight is 550 g/mol. The van der Waals surface area contributed by atoms with Crippen LogP contribution in [0.2, 0.25) is 0 Å². The number of alkyl halides is 3. The lowest BCUT2D eigenvalue weighted by atomic mass is 10.1. The Morgan fingerprint density at radius 3 is 2.02 bits per heavy atom. The molecule has 2 amide bonds. The van der Waals surface area contributed by atoms with E-state index in [1.807, 2.05) is 30.3 Å². The van der Waals surface area contributed by atoms with Gasteiger partial charge in [0.15, 0.2) is 0 Å². The summed E-state index contributed by atoms with van der Waals surface area (Å²) in [6, 6.07) is 27.0. The number of nitrogens with one attached hydrogen (secondary N) is 3. The molecule has 3 N–H and O–H groups in total. The first-order valence-corrected chi connectivity index (χ1v) is 12.3. The Hall–Kier alpha value is -4.99. The second-order valence-corrected chi connectivity index (χ2v) is 8.55. The highest BCUT2D eigenvalue weighted by molar-refractivity contribution is 6.05. The molecule has 0 heterocycles. The molecule has 0 aliphatic heterocycles. The maximum absolute atomic E-state index is 12.9. The van der Waals surface area contributed by atoms with Crippen molar-refractivity contribution in [2.75, 3.05) is 35.7 Å². The van der Waals surface area contributed by atoms with E-state index in [1.165, 1.54) is 24.3 Å². The van der Waals surface area contributed by atoms with Crippen LogP contribution >= 0.6 is 0 Å². The number of carbonyl (C=O) groups excluding carboxylic acids is 2. The van der Waals surface area contributed by atoms with Crippen molar-refractivity contribution in [3.8, 4) is 11.5 Å². The van der Waals surface area contributed by atoms with Crippen molar-refractivity contribution >= 4 is 28.9 Å². The first-order chi connectivity index (χ1) is 19.3. The molecule has 4 aromatic rings. The van der Waals surface area contributed by atoms with Gasteiger partial charge in [-0.15, -0.1) is 0 Å². The number of para-hydroxylation sites is 1. The molecule has 0 aliphatic rings. The number of hydrogen-bond acceptors (Lipinski definition) is 5. The fraction of sp³-hybridized carbons (Fsp3) is 0.133. The van der Waals surface area contributed by atoms with Crippen LogP contribution in [0.5, 0.6) is 11.5 Å². The monoisotopic (exact) mass is 549 g/mol. The van der Waals surface area contributed by atoms with E-state index in [4.69, 9.17) is 9.47 Å². The van der Waals surface area contributed by atoms with Crippen molar-refractivity contribution in [2.45, 2.75) is 6.18 Å². The van der Waals surface area contributed by atoms with Gasteiger partial charge in [-0.3, -0.25) is 9.59 Å². The van der Waals surface area contributed by atoms with Gasteiger partial charge in [-0.1, -0.05) is 36.4 Å². The van der Waals surface area contributed by atoms with Gasteiger partial charge in [0.05, 0.1) is 12.1 Å². The van der Waals surface area contributed by atoms with Gasteiger partial charge in [-0.05, 0) is 60.7 Å². The Morgan fingerprint density at radius 2 is 1.27 bits per heavy atom. The average Bonchev–Trinajstić information content (AvgIpc) is 2.95. The summed E-state index contributed by atoms with van der Waals surface area (Å²) in [5.74, 6) is 0.408. The van der Waals surface area contributed by atoms with Gasteiger partial charge in [0.2, 0.25) is 5.91 Å². The number of ether oxygens (including phenoxy) is 2. The highest BCUT2D eigenvalue weighted by atomic mass is 19.4. The molecular formula is C30H26F3N3O4. The topological polar surface area (TPSA) is 88.7 Å². The molecule has 10 heteroatoms. The van der Waals surface area contributed by atoms with Crippen molar-refractivity contribution in [3.63, 3.8) is 0 Å². The standard InChI is InChI=1S/C30H26F3N3O4/c31-30(32,33)22-8-5-10-24(18-22)36-29(38)21-7-4-9-23(17-21)34-20-28(37)35-25-11-6-14-27(19-25)40-16-15-39-26-12-2-1-3-13-26/h1-14,17-19,34H,15-16,20H2,(H,35,37)(H,36,38). The van der Waals surface area contributed by atoms with Gasteiger partial charge < -0.3 is 25.4 Å². The van der Waals surface area contributed by atoms with Crippen molar-refractivity contribution < 1.29 is 32.2 Å². The van der Waals surface area contributed by atoms with Crippen LogP contribution in [0.1, 0.15) is 15.9 Å². The van der Waals surface area contributed by atoms with Crippen LogP contribution in [-0.2, 0) is 11.0 Å². The maximum Gasteiger partial charge on any atom is 0.416 e. The summed E-state index contributed by atoms with van der Waals surface area (Å²) in [6.07, 6.45) is -4.52. The zero-order chi connectivity index (χ0) is 28.4. The number of amides is 2. The minimum Gasteiger partial charge on any atom is -0.490 e. The molecule has 0 radical (unpaired) electrons. The summed E-state index contributed by atoms with van der Waals surface area (Å²) in [5.41, 5.74) is 0.405. The van der Waals surface area contributed by atoms with Gasteiger partial charge in [0.25, 0.3) is 5.91 Å². The molecule has 206 valence electrons. The molecule has 40 heavy (non-hydrogen) atoms. The van der Waals surface area contributed by atoms with Crippen LogP contribution in [0.3, 0.4) is 0 Å². The quantitative estimate of drug-likeness (QED) is 0.187. The summed E-state index contributed by atoms with van der Waals surface area (Å²) < 4.78 is 50.1. The van der Waals surface area contributed by atoms with Gasteiger partial charge in [-0.2, -0.15) is 13.2 Å². The van der Waals surface area contributed by atoms with Crippen molar-refractivity contribution in [1.29, 1.82) is 0 Å². The van der Waals surface area contributed by atoms with E-state index < -0.39 is 17.6 Å². The highest BCUT2D eigenvalue weighted by Crippen LogP contribution is 2.30. The molecule has 0 saturated carbocycles. The van der Waals surface area contributed by atoms with Gasteiger partial charge >= 0.3 is 6.18 Å². The summed E-state index contributed by atoms with van der Waals surface area (Å²) >= 11 is 0. The lowest BCUT2D eigenvalue weighted by Gasteiger charge is -2.12. The Kier molecular flexibility index (Phi) is 9.24. The third-order valence-electron chi connectivity index (χ3n) is 5.51. The molecule has 0 bridgehead atoms. The van der Waals surface area contributed by atoms with Crippen LogP contribution in [0.4, 0.5) is 30.2 Å². The zero-order valence-electron chi connectivity index (χ0n) is 21.2. The van der Waals surface area contributed by atoms with Gasteiger partial charge in [0.1, 0.15) is 24.7 Å². The largest absolute Gasteiger partial charge is 0.490 e. The fourth-order valence-electron chi connectivity index (χ4n) is 3.63. The number of hydrogen-bond donors (Lipinski definition) is 3. The second kappa shape index (κ2) is 13.2. The third kappa shape index (κ3) is 8.52. The van der Waals surface area contributed by atoms with Crippen molar-refractivity contribution in [2.24, 2.45) is 0 Å². The first-order valence-electron chi connectivity index (χ1n) is 12.3. The molecule has 0 unspecified atom stereocenters. The molecule has 0 atom stereocenters. The Bertz CT molecular complexity index is 1450. The molecule has 0 saturated heterocycles. The highest BCUT2D eigenvalue weighted by Gasteiger charge is 2.30. The summed E-state index contributed by atoms with van der Waals surface area (Å²) in [5, 5.41) is 8.17. The predicted molar refractivity (Wildman–Crippen MR) is 147 cm³/mol. The van der Waals surface area contributed by atoms with Crippen LogP contribution < -0.4 is 25.4 Å². The minimum absolute atomic E-state index is 0.0208. The van der Waals surface area contributed by atoms with Crippen LogP contribution in [0.25, 0.3) is 0 Å². The Labute approximate surface area is 228 Å². The van der Waals surface area contributed by atoms with E-state index in [9.17, 15) is 22.8 Å². The molecule has 0 spiro atoms. The number of anilines is 3. The second-order valence-electron chi connectivity index (χ2n) is 8.55. The lowest BCUT2D eigenvalue weighted by molar-refractivity contribution is -0.137. The summed E-state index contributed by atoms with van der Waals surface area (Å²) in [4.78, 5) is 25.1. The molecule has 0 aromatic heterocycles. The van der Waals surface area contributed by atoms with Crippen LogP contribution in [-0.4, -0.2) is 31.6 Å². The lowest BCUT2D eigenvalue weighted by Crippen LogP contribution is -2.22. The molecule has 0 aliphatic carbocycles. The smallest absolute Gasteiger partial charge is 0.416 e. The van der Waals surface area contributed by atoms with Crippen molar-refractivity contribution in [1.82, 2.24) is 0 Å². The number of carbonyl (C=O) groups is 2. The SMILES string of the molecule is O=C(CNc1cccc(C(=O)Nc2cccc(C(F)(F)F)c2)c1)Nc1cccc(OCCOc2ccccc2)c1. The molecule has 7 nitrogen and oxygen atoms in total. The number of benzene rings is 4. The normalized spacial score (nSPS) is 10.9. The first kappa shape index (κ1) is 28.0. The van der Waals surface area contributed by atoms with Crippen LogP contribution in [0.15, 0.2) is 103 Å². The van der Waals surface area contributed by atoms with Crippen LogP contribution in [0, 0.1) is 0 Å². The minimum atomic E-state index is -4.52. The maximum atomic E-state index is 12.9. The number of halogens is 3. The zero-order valence-corrected chi connectivity index (χ0v) is 21.2. The van der Waals surface area contributed by atoms with E-state index in [1.54, 1.807) is 36.4 Å². The van der Waals surface area contributed by atoms with E-state index in [0.717, 1.165) is 17.9 Å². The van der Waals surface area contributed by atoms with E-state index in [0.29, 0.717) is 30.3 Å². The van der Waals surface area contributed by atoms with Gasteiger partial charge in [0, 0.05) is 28.7 Å². The molecule has 0 fully saturated rings. The molecule has 4 rings (SSSR count). The Balaban J connectivity index is 1.25. The van der Waals surface area contributed by atoms with Gasteiger partial charge in [-0.25, -0.2) is 0 Å².